The molecule has 2 rings (SSSR count). The quantitative estimate of drug-likeness (QED) is 0.225. The standard InChI is InChI=1S/C11H12N2O4S2/c1-13(19-17-15)7-5-9(18-16)11(12)10-6(7)3-2-4-8(10)14/h2-5,14-16H,12H2,1H3. The van der Waals surface area contributed by atoms with Crippen LogP contribution in [-0.2, 0) is 4.33 Å². The Hall–Kier alpha value is -1.32. The van der Waals surface area contributed by atoms with Crippen molar-refractivity contribution in [2.24, 2.45) is 0 Å². The zero-order valence-corrected chi connectivity index (χ0v) is 11.5. The van der Waals surface area contributed by atoms with Crippen molar-refractivity contribution in [3.05, 3.63) is 24.3 Å². The van der Waals surface area contributed by atoms with Gasteiger partial charge in [-0.25, -0.2) is 5.26 Å². The van der Waals surface area contributed by atoms with Crippen LogP contribution in [0.2, 0.25) is 0 Å². The van der Waals surface area contributed by atoms with Gasteiger partial charge in [0.1, 0.15) is 5.75 Å². The Morgan fingerprint density at radius 2 is 2.11 bits per heavy atom. The van der Waals surface area contributed by atoms with Gasteiger partial charge in [0.25, 0.3) is 0 Å². The summed E-state index contributed by atoms with van der Waals surface area (Å²) in [6, 6.07) is 6.63. The number of phenolic OH excluding ortho intramolecular Hbond substituents is 1. The highest BCUT2D eigenvalue weighted by molar-refractivity contribution is 7.96. The Morgan fingerprint density at radius 1 is 1.37 bits per heavy atom. The number of nitrogen functional groups attached to an aromatic ring is 1. The van der Waals surface area contributed by atoms with Crippen LogP contribution in [-0.4, -0.2) is 22.0 Å². The molecule has 5 N–H and O–H groups in total. The lowest BCUT2D eigenvalue weighted by Gasteiger charge is -2.19. The largest absolute Gasteiger partial charge is 0.507 e. The van der Waals surface area contributed by atoms with Gasteiger partial charge in [-0.1, -0.05) is 12.1 Å². The zero-order chi connectivity index (χ0) is 14.0. The minimum atomic E-state index is 0.0236. The molecule has 6 nitrogen and oxygen atoms in total. The van der Waals surface area contributed by atoms with Crippen LogP contribution in [0, 0.1) is 0 Å². The third kappa shape index (κ3) is 2.53. The molecule has 0 atom stereocenters. The second-order valence-corrected chi connectivity index (χ2v) is 5.21. The van der Waals surface area contributed by atoms with E-state index in [-0.39, 0.29) is 5.75 Å². The second kappa shape index (κ2) is 5.76. The smallest absolute Gasteiger partial charge is 0.151 e. The molecule has 19 heavy (non-hydrogen) atoms. The number of aromatic hydroxyl groups is 1. The molecule has 2 aromatic rings. The fourth-order valence-electron chi connectivity index (χ4n) is 1.87. The number of benzene rings is 2. The van der Waals surface area contributed by atoms with E-state index >= 15 is 0 Å². The summed E-state index contributed by atoms with van der Waals surface area (Å²) >= 11 is 1.20. The van der Waals surface area contributed by atoms with E-state index in [1.54, 1.807) is 29.6 Å². The summed E-state index contributed by atoms with van der Waals surface area (Å²) in [6.45, 7) is 0. The lowest BCUT2D eigenvalue weighted by atomic mass is 10.1. The van der Waals surface area contributed by atoms with Gasteiger partial charge in [-0.05, 0) is 12.1 Å². The van der Waals surface area contributed by atoms with Crippen LogP contribution in [0.25, 0.3) is 10.8 Å². The third-order valence-corrected chi connectivity index (χ3v) is 3.73. The molecule has 0 aromatic heterocycles. The highest BCUT2D eigenvalue weighted by Crippen LogP contribution is 2.42. The first-order valence-corrected chi connectivity index (χ1v) is 6.64. The number of fused-ring (bicyclic) bond motifs is 1. The summed E-state index contributed by atoms with van der Waals surface area (Å²) in [5.74, 6) is 0.0236. The minimum Gasteiger partial charge on any atom is -0.507 e. The molecule has 2 aromatic carbocycles. The summed E-state index contributed by atoms with van der Waals surface area (Å²) < 4.78 is 14.8. The topological polar surface area (TPSA) is 99.2 Å². The first-order valence-electron chi connectivity index (χ1n) is 5.17. The van der Waals surface area contributed by atoms with Crippen LogP contribution in [0.3, 0.4) is 0 Å². The van der Waals surface area contributed by atoms with Gasteiger partial charge < -0.3 is 15.4 Å². The van der Waals surface area contributed by atoms with Gasteiger partial charge in [0.15, 0.2) is 12.2 Å². The van der Waals surface area contributed by atoms with E-state index in [0.717, 1.165) is 0 Å². The van der Waals surface area contributed by atoms with Gasteiger partial charge >= 0.3 is 0 Å². The van der Waals surface area contributed by atoms with Gasteiger partial charge in [-0.2, -0.15) is 0 Å². The molecule has 8 heteroatoms. The fourth-order valence-corrected chi connectivity index (χ4v) is 2.56. The Kier molecular flexibility index (Phi) is 4.27. The van der Waals surface area contributed by atoms with Crippen molar-refractivity contribution in [1.82, 2.24) is 0 Å². The lowest BCUT2D eigenvalue weighted by molar-refractivity contribution is -0.116. The van der Waals surface area contributed by atoms with Crippen LogP contribution < -0.4 is 10.0 Å². The van der Waals surface area contributed by atoms with Crippen LogP contribution in [0.1, 0.15) is 0 Å². The summed E-state index contributed by atoms with van der Waals surface area (Å²) in [4.78, 5) is 0.411. The normalized spacial score (nSPS) is 10.9. The zero-order valence-electron chi connectivity index (χ0n) is 9.90. The molecular formula is C11H12N2O4S2. The van der Waals surface area contributed by atoms with Crippen molar-refractivity contribution in [3.8, 4) is 5.75 Å². The Bertz CT molecular complexity index is 609. The number of hydrogen-bond donors (Lipinski definition) is 4. The number of nitrogens with two attached hydrogens (primary N) is 1. The Labute approximate surface area is 118 Å². The second-order valence-electron chi connectivity index (χ2n) is 3.75. The van der Waals surface area contributed by atoms with Crippen LogP contribution in [0.5, 0.6) is 5.75 Å². The van der Waals surface area contributed by atoms with E-state index in [4.69, 9.17) is 11.0 Å². The van der Waals surface area contributed by atoms with Crippen molar-refractivity contribution < 1.29 is 19.3 Å². The maximum absolute atomic E-state index is 9.93. The van der Waals surface area contributed by atoms with Gasteiger partial charge in [0.05, 0.1) is 16.3 Å². The van der Waals surface area contributed by atoms with Crippen molar-refractivity contribution in [2.75, 3.05) is 17.1 Å². The highest BCUT2D eigenvalue weighted by atomic mass is 32.2. The van der Waals surface area contributed by atoms with Crippen LogP contribution in [0.4, 0.5) is 11.4 Å². The predicted octanol–water partition coefficient (Wildman–Crippen LogP) is 3.18. The minimum absolute atomic E-state index is 0.0236. The number of hydrogen-bond acceptors (Lipinski definition) is 8. The average molecular weight is 300 g/mol. The van der Waals surface area contributed by atoms with Gasteiger partial charge in [0, 0.05) is 29.9 Å². The lowest BCUT2D eigenvalue weighted by Crippen LogP contribution is -2.08. The summed E-state index contributed by atoms with van der Waals surface area (Å²) in [6.07, 6.45) is 0. The highest BCUT2D eigenvalue weighted by Gasteiger charge is 2.16. The SMILES string of the molecule is CN(SOO)c1cc(SO)c(N)c2c(O)cccc12. The molecule has 0 radical (unpaired) electrons. The van der Waals surface area contributed by atoms with E-state index in [9.17, 15) is 9.66 Å². The van der Waals surface area contributed by atoms with Crippen molar-refractivity contribution in [1.29, 1.82) is 0 Å². The first kappa shape index (κ1) is 14.1. The maximum atomic E-state index is 9.93. The van der Waals surface area contributed by atoms with E-state index in [2.05, 4.69) is 4.33 Å². The maximum Gasteiger partial charge on any atom is 0.151 e. The van der Waals surface area contributed by atoms with Crippen LogP contribution in [0.15, 0.2) is 29.2 Å². The Morgan fingerprint density at radius 3 is 2.74 bits per heavy atom. The molecule has 102 valence electrons. The molecule has 0 heterocycles. The molecule has 0 aliphatic heterocycles. The Balaban J connectivity index is 2.76. The van der Waals surface area contributed by atoms with Gasteiger partial charge in [0.2, 0.25) is 0 Å². The van der Waals surface area contributed by atoms with E-state index in [1.807, 2.05) is 0 Å². The first-order chi connectivity index (χ1) is 9.10. The molecule has 0 fully saturated rings. The number of nitrogens with zero attached hydrogens (tertiary/aromatic N) is 1. The van der Waals surface area contributed by atoms with Crippen molar-refractivity contribution in [2.45, 2.75) is 4.90 Å². The van der Waals surface area contributed by atoms with Crippen LogP contribution >= 0.6 is 24.3 Å². The molecule has 0 bridgehead atoms. The van der Waals surface area contributed by atoms with Gasteiger partial charge in [-0.15, -0.1) is 4.33 Å². The van der Waals surface area contributed by atoms with E-state index in [1.165, 1.54) is 6.07 Å². The molecule has 0 spiro atoms. The molecule has 0 amide bonds. The molecule has 0 aliphatic rings. The molecule has 0 aliphatic carbocycles. The molecule has 0 saturated heterocycles. The van der Waals surface area contributed by atoms with E-state index in [0.29, 0.717) is 51.3 Å². The number of phenols is 1. The number of rotatable bonds is 4. The van der Waals surface area contributed by atoms with Crippen molar-refractivity contribution >= 4 is 46.4 Å². The fraction of sp³-hybridized carbons (Fsp3) is 0.0909. The summed E-state index contributed by atoms with van der Waals surface area (Å²) in [5.41, 5.74) is 6.86. The third-order valence-electron chi connectivity index (χ3n) is 2.70. The molecule has 0 unspecified atom stereocenters. The monoisotopic (exact) mass is 300 g/mol. The van der Waals surface area contributed by atoms with Gasteiger partial charge in [-0.3, -0.25) is 4.31 Å². The molecule has 0 saturated carbocycles. The predicted molar refractivity (Wildman–Crippen MR) is 78.2 cm³/mol. The number of anilines is 2. The van der Waals surface area contributed by atoms with E-state index < -0.39 is 0 Å². The average Bonchev–Trinajstić information content (AvgIpc) is 2.39. The summed E-state index contributed by atoms with van der Waals surface area (Å²) in [7, 11) is 1.67. The molecular weight excluding hydrogens is 288 g/mol. The summed E-state index contributed by atoms with van der Waals surface area (Å²) in [5, 5.41) is 19.6. The van der Waals surface area contributed by atoms with Crippen molar-refractivity contribution in [3.63, 3.8) is 0 Å².